The average Bonchev–Trinajstić information content (AvgIpc) is 3.08. The average molecular weight is 375 g/mol. The molecule has 0 radical (unpaired) electrons. The van der Waals surface area contributed by atoms with Crippen LogP contribution in [0.1, 0.15) is 19.3 Å². The molecule has 2 saturated heterocycles. The molecule has 27 heavy (non-hydrogen) atoms. The molecule has 2 heterocycles. The third-order valence-corrected chi connectivity index (χ3v) is 5.36. The number of amides is 3. The van der Waals surface area contributed by atoms with E-state index < -0.39 is 0 Å². The molecule has 0 bridgehead atoms. The van der Waals surface area contributed by atoms with E-state index in [0.29, 0.717) is 49.7 Å². The van der Waals surface area contributed by atoms with Crippen molar-refractivity contribution in [3.8, 4) is 11.5 Å². The monoisotopic (exact) mass is 375 g/mol. The van der Waals surface area contributed by atoms with E-state index in [4.69, 9.17) is 15.2 Å². The predicted octanol–water partition coefficient (Wildman–Crippen LogP) is 0.781. The molecule has 1 unspecified atom stereocenters. The number of piperidine rings is 1. The van der Waals surface area contributed by atoms with Gasteiger partial charge >= 0.3 is 0 Å². The van der Waals surface area contributed by atoms with Crippen LogP contribution in [0.4, 0.5) is 5.69 Å². The fraction of sp³-hybridized carbons (Fsp3) is 0.526. The molecule has 1 aromatic rings. The van der Waals surface area contributed by atoms with Gasteiger partial charge in [0.15, 0.2) is 11.5 Å². The Bertz CT molecular complexity index is 743. The predicted molar refractivity (Wildman–Crippen MR) is 98.5 cm³/mol. The van der Waals surface area contributed by atoms with Crippen LogP contribution in [-0.4, -0.2) is 56.5 Å². The lowest BCUT2D eigenvalue weighted by Gasteiger charge is -2.32. The van der Waals surface area contributed by atoms with Crippen LogP contribution >= 0.6 is 0 Å². The summed E-state index contributed by atoms with van der Waals surface area (Å²) in [6.45, 7) is 1.35. The van der Waals surface area contributed by atoms with Crippen LogP contribution in [0.5, 0.6) is 11.5 Å². The van der Waals surface area contributed by atoms with Crippen LogP contribution in [0.15, 0.2) is 18.2 Å². The number of benzene rings is 1. The number of nitrogens with zero attached hydrogens (tertiary/aromatic N) is 2. The van der Waals surface area contributed by atoms with Crippen LogP contribution in [0.25, 0.3) is 0 Å². The van der Waals surface area contributed by atoms with Crippen LogP contribution in [0, 0.1) is 11.8 Å². The smallest absolute Gasteiger partial charge is 0.228 e. The molecule has 2 aliphatic heterocycles. The Morgan fingerprint density at radius 3 is 2.33 bits per heavy atom. The number of nitrogens with two attached hydrogens (primary N) is 1. The minimum Gasteiger partial charge on any atom is -0.493 e. The van der Waals surface area contributed by atoms with Crippen LogP contribution < -0.4 is 20.1 Å². The molecule has 2 N–H and O–H groups in total. The molecule has 8 heteroatoms. The van der Waals surface area contributed by atoms with E-state index in [2.05, 4.69) is 0 Å². The summed E-state index contributed by atoms with van der Waals surface area (Å²) in [7, 11) is 3.09. The van der Waals surface area contributed by atoms with Gasteiger partial charge in [0.25, 0.3) is 0 Å². The highest BCUT2D eigenvalue weighted by molar-refractivity contribution is 6.00. The molecule has 0 aliphatic carbocycles. The van der Waals surface area contributed by atoms with Crippen LogP contribution in [0.3, 0.4) is 0 Å². The van der Waals surface area contributed by atoms with Crippen molar-refractivity contribution in [3.05, 3.63) is 18.2 Å². The molecule has 0 saturated carbocycles. The van der Waals surface area contributed by atoms with Crippen molar-refractivity contribution in [1.82, 2.24) is 4.90 Å². The number of methoxy groups -OCH3 is 2. The summed E-state index contributed by atoms with van der Waals surface area (Å²) in [5.74, 6) is 0.141. The highest BCUT2D eigenvalue weighted by Gasteiger charge is 2.38. The van der Waals surface area contributed by atoms with Crippen LogP contribution in [0.2, 0.25) is 0 Å². The summed E-state index contributed by atoms with van der Waals surface area (Å²) in [6.07, 6.45) is 1.35. The van der Waals surface area contributed by atoms with Gasteiger partial charge in [-0.15, -0.1) is 0 Å². The van der Waals surface area contributed by atoms with Gasteiger partial charge in [0.2, 0.25) is 17.7 Å². The molecular formula is C19H25N3O5. The first-order valence-corrected chi connectivity index (χ1v) is 9.05. The summed E-state index contributed by atoms with van der Waals surface area (Å²) in [5.41, 5.74) is 6.02. The molecule has 3 amide bonds. The summed E-state index contributed by atoms with van der Waals surface area (Å²) in [6, 6.07) is 5.26. The van der Waals surface area contributed by atoms with Gasteiger partial charge in [-0.3, -0.25) is 14.4 Å². The number of primary amides is 1. The molecule has 2 aliphatic rings. The lowest BCUT2D eigenvalue weighted by Crippen LogP contribution is -2.44. The van der Waals surface area contributed by atoms with Gasteiger partial charge in [0.05, 0.1) is 20.1 Å². The van der Waals surface area contributed by atoms with Crippen LogP contribution in [-0.2, 0) is 14.4 Å². The molecular weight excluding hydrogens is 350 g/mol. The van der Waals surface area contributed by atoms with Crippen molar-refractivity contribution in [1.29, 1.82) is 0 Å². The summed E-state index contributed by atoms with van der Waals surface area (Å²) >= 11 is 0. The van der Waals surface area contributed by atoms with E-state index in [1.54, 1.807) is 35.1 Å². The maximum Gasteiger partial charge on any atom is 0.228 e. The van der Waals surface area contributed by atoms with Gasteiger partial charge in [-0.1, -0.05) is 0 Å². The largest absolute Gasteiger partial charge is 0.493 e. The summed E-state index contributed by atoms with van der Waals surface area (Å²) < 4.78 is 10.5. The molecule has 8 nitrogen and oxygen atoms in total. The van der Waals surface area contributed by atoms with Crippen molar-refractivity contribution < 1.29 is 23.9 Å². The number of rotatable bonds is 5. The number of hydrogen-bond donors (Lipinski definition) is 1. The first-order chi connectivity index (χ1) is 12.9. The topological polar surface area (TPSA) is 102 Å². The highest BCUT2D eigenvalue weighted by Crippen LogP contribution is 2.34. The number of hydrogen-bond acceptors (Lipinski definition) is 5. The lowest BCUT2D eigenvalue weighted by molar-refractivity contribution is -0.138. The van der Waals surface area contributed by atoms with Gasteiger partial charge in [0, 0.05) is 43.7 Å². The number of ether oxygens (including phenoxy) is 2. The maximum absolute atomic E-state index is 12.8. The Balaban J connectivity index is 1.67. The van der Waals surface area contributed by atoms with Gasteiger partial charge in [-0.05, 0) is 25.0 Å². The van der Waals surface area contributed by atoms with Gasteiger partial charge in [0.1, 0.15) is 0 Å². The second-order valence-electron chi connectivity index (χ2n) is 6.95. The second kappa shape index (κ2) is 7.85. The van der Waals surface area contributed by atoms with E-state index in [1.807, 2.05) is 0 Å². The number of anilines is 1. The van der Waals surface area contributed by atoms with Crippen molar-refractivity contribution in [3.63, 3.8) is 0 Å². The number of likely N-dealkylation sites (tertiary alicyclic amines) is 1. The Hall–Kier alpha value is -2.77. The Labute approximate surface area is 158 Å². The Morgan fingerprint density at radius 1 is 1.07 bits per heavy atom. The molecule has 0 aromatic heterocycles. The molecule has 0 spiro atoms. The Morgan fingerprint density at radius 2 is 1.74 bits per heavy atom. The van der Waals surface area contributed by atoms with Gasteiger partial charge < -0.3 is 25.0 Å². The number of carbonyl (C=O) groups is 3. The quantitative estimate of drug-likeness (QED) is 0.819. The number of carbonyl (C=O) groups excluding carboxylic acids is 3. The molecule has 2 fully saturated rings. The van der Waals surface area contributed by atoms with Crippen molar-refractivity contribution in [2.75, 3.05) is 38.8 Å². The minimum atomic E-state index is -0.379. The van der Waals surface area contributed by atoms with Crippen molar-refractivity contribution in [2.24, 2.45) is 17.6 Å². The van der Waals surface area contributed by atoms with Gasteiger partial charge in [-0.2, -0.15) is 0 Å². The van der Waals surface area contributed by atoms with Crippen molar-refractivity contribution in [2.45, 2.75) is 19.3 Å². The zero-order valence-corrected chi connectivity index (χ0v) is 15.6. The Kier molecular flexibility index (Phi) is 5.53. The van der Waals surface area contributed by atoms with E-state index in [9.17, 15) is 14.4 Å². The van der Waals surface area contributed by atoms with E-state index in [-0.39, 0.29) is 36.0 Å². The third-order valence-electron chi connectivity index (χ3n) is 5.36. The molecule has 3 rings (SSSR count). The molecule has 1 atom stereocenters. The minimum absolute atomic E-state index is 0.0331. The van der Waals surface area contributed by atoms with Crippen molar-refractivity contribution >= 4 is 23.4 Å². The second-order valence-corrected chi connectivity index (χ2v) is 6.95. The third kappa shape index (κ3) is 3.84. The summed E-state index contributed by atoms with van der Waals surface area (Å²) in [4.78, 5) is 39.9. The van der Waals surface area contributed by atoms with E-state index in [0.717, 1.165) is 0 Å². The zero-order valence-electron chi connectivity index (χ0n) is 15.6. The van der Waals surface area contributed by atoms with Gasteiger partial charge in [-0.25, -0.2) is 0 Å². The van der Waals surface area contributed by atoms with E-state index >= 15 is 0 Å². The molecule has 146 valence electrons. The van der Waals surface area contributed by atoms with E-state index in [1.165, 1.54) is 7.11 Å². The highest BCUT2D eigenvalue weighted by atomic mass is 16.5. The maximum atomic E-state index is 12.8. The lowest BCUT2D eigenvalue weighted by atomic mass is 9.95. The zero-order chi connectivity index (χ0) is 19.6. The standard InChI is InChI=1S/C19H25N3O5/c1-26-15-4-3-14(10-16(15)27-2)22-11-13(9-17(22)23)19(25)21-7-5-12(6-8-21)18(20)24/h3-4,10,12-13H,5-9,11H2,1-2H3,(H2,20,24). The first kappa shape index (κ1) is 19.0. The first-order valence-electron chi connectivity index (χ1n) is 9.05. The normalized spacial score (nSPS) is 20.7. The fourth-order valence-corrected chi connectivity index (χ4v) is 3.76. The fourth-order valence-electron chi connectivity index (χ4n) is 3.76. The SMILES string of the molecule is COc1ccc(N2CC(C(=O)N3CCC(C(N)=O)CC3)CC2=O)cc1OC. The summed E-state index contributed by atoms with van der Waals surface area (Å²) in [5, 5.41) is 0. The molecule has 1 aromatic carbocycles.